The van der Waals surface area contributed by atoms with Crippen molar-refractivity contribution in [3.63, 3.8) is 0 Å². The average molecular weight is 261 g/mol. The summed E-state index contributed by atoms with van der Waals surface area (Å²) < 4.78 is 33.4. The fraction of sp³-hybridized carbons (Fsp3) is 0.750. The van der Waals surface area contributed by atoms with Crippen molar-refractivity contribution in [3.05, 3.63) is 12.2 Å². The van der Waals surface area contributed by atoms with E-state index in [0.717, 1.165) is 5.57 Å². The Labute approximate surface area is 105 Å². The van der Waals surface area contributed by atoms with Crippen LogP contribution in [0.25, 0.3) is 0 Å². The van der Waals surface area contributed by atoms with E-state index >= 15 is 0 Å². The Morgan fingerprint density at radius 2 is 2.39 bits per heavy atom. The highest BCUT2D eigenvalue weighted by molar-refractivity contribution is 5.82. The molecule has 2 aliphatic rings. The van der Waals surface area contributed by atoms with Crippen LogP contribution in [0.4, 0.5) is 8.78 Å². The summed E-state index contributed by atoms with van der Waals surface area (Å²) in [7, 11) is 1.35. The molecule has 0 unspecified atom stereocenters. The van der Waals surface area contributed by atoms with Crippen molar-refractivity contribution < 1.29 is 23.0 Å². The first kappa shape index (κ1) is 13.4. The maximum absolute atomic E-state index is 12.1. The van der Waals surface area contributed by atoms with Crippen LogP contribution in [0.1, 0.15) is 19.3 Å². The predicted octanol–water partition coefficient (Wildman–Crippen LogP) is 1.56. The van der Waals surface area contributed by atoms with Gasteiger partial charge in [-0.1, -0.05) is 12.2 Å². The number of hydrogen-bond donors (Lipinski definition) is 0. The summed E-state index contributed by atoms with van der Waals surface area (Å²) in [6.07, 6.45) is 1.82. The molecular weight excluding hydrogens is 244 g/mol. The van der Waals surface area contributed by atoms with Crippen molar-refractivity contribution in [2.75, 3.05) is 20.3 Å². The van der Waals surface area contributed by atoms with Crippen molar-refractivity contribution in [2.45, 2.75) is 37.5 Å². The SMILES string of the molecule is C=C1CN2[C@H](COC(F)F)CC[C@@]2(C(=O)OC)C1. The Morgan fingerprint density at radius 3 is 3.00 bits per heavy atom. The molecule has 0 aliphatic carbocycles. The van der Waals surface area contributed by atoms with Crippen LogP contribution in [-0.4, -0.2) is 49.3 Å². The van der Waals surface area contributed by atoms with Crippen molar-refractivity contribution in [1.29, 1.82) is 0 Å². The number of fused-ring (bicyclic) bond motifs is 1. The summed E-state index contributed by atoms with van der Waals surface area (Å²) in [5.74, 6) is -0.305. The van der Waals surface area contributed by atoms with Gasteiger partial charge in [-0.05, 0) is 19.3 Å². The highest BCUT2D eigenvalue weighted by Crippen LogP contribution is 2.44. The molecule has 2 aliphatic heterocycles. The second-order valence-electron chi connectivity index (χ2n) is 4.86. The van der Waals surface area contributed by atoms with Crippen LogP contribution in [0.2, 0.25) is 0 Å². The smallest absolute Gasteiger partial charge is 0.345 e. The number of hydrogen-bond acceptors (Lipinski definition) is 4. The molecule has 18 heavy (non-hydrogen) atoms. The predicted molar refractivity (Wildman–Crippen MR) is 60.2 cm³/mol. The average Bonchev–Trinajstić information content (AvgIpc) is 2.81. The van der Waals surface area contributed by atoms with E-state index in [-0.39, 0.29) is 18.6 Å². The van der Waals surface area contributed by atoms with Crippen LogP contribution < -0.4 is 0 Å². The van der Waals surface area contributed by atoms with Crippen LogP contribution in [0.15, 0.2) is 12.2 Å². The third-order valence-corrected chi connectivity index (χ3v) is 3.80. The van der Waals surface area contributed by atoms with Gasteiger partial charge in [0.1, 0.15) is 5.54 Å². The van der Waals surface area contributed by atoms with Crippen LogP contribution in [0, 0.1) is 0 Å². The number of carbonyl (C=O) groups is 1. The second kappa shape index (κ2) is 4.93. The van der Waals surface area contributed by atoms with Gasteiger partial charge >= 0.3 is 12.6 Å². The molecule has 0 saturated carbocycles. The molecule has 2 atom stereocenters. The summed E-state index contributed by atoms with van der Waals surface area (Å²) in [5.41, 5.74) is 0.226. The van der Waals surface area contributed by atoms with Gasteiger partial charge in [0.05, 0.1) is 13.7 Å². The number of carbonyl (C=O) groups excluding carboxylic acids is 1. The van der Waals surface area contributed by atoms with Gasteiger partial charge in [0.25, 0.3) is 0 Å². The normalized spacial score (nSPS) is 32.0. The van der Waals surface area contributed by atoms with E-state index in [1.807, 2.05) is 4.90 Å². The number of esters is 1. The van der Waals surface area contributed by atoms with Gasteiger partial charge in [-0.2, -0.15) is 8.78 Å². The molecule has 2 rings (SSSR count). The van der Waals surface area contributed by atoms with Gasteiger partial charge in [-0.3, -0.25) is 9.69 Å². The van der Waals surface area contributed by atoms with E-state index in [2.05, 4.69) is 11.3 Å². The lowest BCUT2D eigenvalue weighted by Gasteiger charge is -2.31. The van der Waals surface area contributed by atoms with Crippen LogP contribution in [0.3, 0.4) is 0 Å². The second-order valence-corrected chi connectivity index (χ2v) is 4.86. The van der Waals surface area contributed by atoms with Gasteiger partial charge in [-0.25, -0.2) is 0 Å². The first-order valence-corrected chi connectivity index (χ1v) is 5.91. The molecule has 2 fully saturated rings. The largest absolute Gasteiger partial charge is 0.468 e. The Hall–Kier alpha value is -1.01. The van der Waals surface area contributed by atoms with Crippen LogP contribution in [-0.2, 0) is 14.3 Å². The molecule has 0 N–H and O–H groups in total. The maximum atomic E-state index is 12.1. The van der Waals surface area contributed by atoms with E-state index in [4.69, 9.17) is 4.74 Å². The molecule has 0 bridgehead atoms. The molecule has 0 aromatic carbocycles. The minimum absolute atomic E-state index is 0.0658. The number of ether oxygens (including phenoxy) is 2. The number of nitrogens with zero attached hydrogens (tertiary/aromatic N) is 1. The lowest BCUT2D eigenvalue weighted by Crippen LogP contribution is -2.50. The van der Waals surface area contributed by atoms with E-state index in [1.54, 1.807) is 0 Å². The summed E-state index contributed by atoms with van der Waals surface area (Å²) in [6.45, 7) is 1.60. The minimum Gasteiger partial charge on any atom is -0.468 e. The topological polar surface area (TPSA) is 38.8 Å². The van der Waals surface area contributed by atoms with Gasteiger partial charge in [0, 0.05) is 12.6 Å². The highest BCUT2D eigenvalue weighted by atomic mass is 19.3. The minimum atomic E-state index is -2.77. The molecule has 0 aromatic rings. The molecule has 2 heterocycles. The van der Waals surface area contributed by atoms with Crippen molar-refractivity contribution in [1.82, 2.24) is 4.90 Å². The van der Waals surface area contributed by atoms with Crippen LogP contribution >= 0.6 is 0 Å². The molecule has 2 saturated heterocycles. The molecule has 4 nitrogen and oxygen atoms in total. The molecule has 102 valence electrons. The standard InChI is InChI=1S/C12H17F2NO3/c1-8-5-12(10(16)17-2)4-3-9(15(12)6-8)7-18-11(13)14/h9,11H,1,3-7H2,2H3/t9-,12-/m0/s1. The first-order valence-electron chi connectivity index (χ1n) is 5.91. The Morgan fingerprint density at radius 1 is 1.67 bits per heavy atom. The lowest BCUT2D eigenvalue weighted by atomic mass is 9.93. The summed E-state index contributed by atoms with van der Waals surface area (Å²) in [5, 5.41) is 0. The van der Waals surface area contributed by atoms with E-state index in [0.29, 0.717) is 25.8 Å². The van der Waals surface area contributed by atoms with Gasteiger partial charge in [-0.15, -0.1) is 0 Å². The zero-order valence-electron chi connectivity index (χ0n) is 10.3. The Bertz CT molecular complexity index is 361. The molecule has 0 aromatic heterocycles. The molecule has 0 radical (unpaired) electrons. The molecule has 6 heteroatoms. The number of methoxy groups -OCH3 is 1. The maximum Gasteiger partial charge on any atom is 0.345 e. The van der Waals surface area contributed by atoms with E-state index in [1.165, 1.54) is 7.11 Å². The van der Waals surface area contributed by atoms with Crippen molar-refractivity contribution in [3.8, 4) is 0 Å². The van der Waals surface area contributed by atoms with E-state index in [9.17, 15) is 13.6 Å². The van der Waals surface area contributed by atoms with Crippen molar-refractivity contribution >= 4 is 5.97 Å². The highest BCUT2D eigenvalue weighted by Gasteiger charge is 2.56. The number of alkyl halides is 2. The monoisotopic (exact) mass is 261 g/mol. The number of rotatable bonds is 4. The van der Waals surface area contributed by atoms with Gasteiger partial charge < -0.3 is 9.47 Å². The van der Waals surface area contributed by atoms with Crippen LogP contribution in [0.5, 0.6) is 0 Å². The first-order chi connectivity index (χ1) is 8.49. The zero-order chi connectivity index (χ0) is 13.3. The Kier molecular flexibility index (Phi) is 3.68. The summed E-state index contributed by atoms with van der Waals surface area (Å²) in [4.78, 5) is 13.9. The molecule has 0 amide bonds. The Balaban J connectivity index is 2.11. The van der Waals surface area contributed by atoms with Gasteiger partial charge in [0.15, 0.2) is 0 Å². The summed E-state index contributed by atoms with van der Waals surface area (Å²) >= 11 is 0. The van der Waals surface area contributed by atoms with E-state index < -0.39 is 12.2 Å². The third kappa shape index (κ3) is 2.14. The fourth-order valence-electron chi connectivity index (χ4n) is 3.07. The summed E-state index contributed by atoms with van der Waals surface area (Å²) in [6, 6.07) is -0.169. The molecular formula is C12H17F2NO3. The quantitative estimate of drug-likeness (QED) is 0.568. The molecule has 0 spiro atoms. The number of halogens is 2. The van der Waals surface area contributed by atoms with Gasteiger partial charge in [0.2, 0.25) is 0 Å². The zero-order valence-corrected chi connectivity index (χ0v) is 10.3. The third-order valence-electron chi connectivity index (χ3n) is 3.80. The fourth-order valence-corrected chi connectivity index (χ4v) is 3.07. The lowest BCUT2D eigenvalue weighted by molar-refractivity contribution is -0.156. The van der Waals surface area contributed by atoms with Crippen molar-refractivity contribution in [2.24, 2.45) is 0 Å².